The van der Waals surface area contributed by atoms with Crippen LogP contribution in [0.15, 0.2) is 75.7 Å². The second-order valence-electron chi connectivity index (χ2n) is 7.81. The summed E-state index contributed by atoms with van der Waals surface area (Å²) in [6.07, 6.45) is 1.86. The molecule has 3 aromatic rings. The molecule has 0 amide bonds. The predicted molar refractivity (Wildman–Crippen MR) is 123 cm³/mol. The Balaban J connectivity index is 1.95. The van der Waals surface area contributed by atoms with E-state index in [0.717, 1.165) is 11.1 Å². The first kappa shape index (κ1) is 21.0. The Morgan fingerprint density at radius 1 is 1.13 bits per heavy atom. The number of fused-ring (bicyclic) bond motifs is 1. The van der Waals surface area contributed by atoms with Crippen molar-refractivity contribution in [2.75, 3.05) is 7.11 Å². The zero-order valence-corrected chi connectivity index (χ0v) is 18.8. The first-order valence-electron chi connectivity index (χ1n) is 10.2. The molecule has 0 spiro atoms. The lowest BCUT2D eigenvalue weighted by Crippen LogP contribution is -2.39. The van der Waals surface area contributed by atoms with E-state index in [2.05, 4.69) is 18.8 Å². The number of hydrogen-bond donors (Lipinski definition) is 0. The van der Waals surface area contributed by atoms with Crippen LogP contribution in [-0.4, -0.2) is 17.6 Å². The molecule has 1 atom stereocenters. The first-order valence-corrected chi connectivity index (χ1v) is 11.0. The van der Waals surface area contributed by atoms with Crippen LogP contribution >= 0.6 is 11.3 Å². The average Bonchev–Trinajstić information content (AvgIpc) is 3.07. The molecule has 4 rings (SSSR count). The zero-order valence-electron chi connectivity index (χ0n) is 18.0. The van der Waals surface area contributed by atoms with Gasteiger partial charge in [-0.1, -0.05) is 79.8 Å². The third-order valence-corrected chi connectivity index (χ3v) is 6.43. The molecule has 1 aliphatic rings. The number of carbonyl (C=O) groups excluding carboxylic acids is 1. The summed E-state index contributed by atoms with van der Waals surface area (Å²) in [6.45, 7) is 6.05. The number of carbonyl (C=O) groups is 1. The standard InChI is InChI=1S/C25H24N2O3S/c1-15(2)18-10-12-19(13-11-18)22-21(24(29)30-4)16(3)26-25-27(22)23(28)20(31-25)14-17-8-6-5-7-9-17/h5-15,22H,1-4H3/b20-14-. The minimum Gasteiger partial charge on any atom is -0.466 e. The second-order valence-corrected chi connectivity index (χ2v) is 8.81. The van der Waals surface area contributed by atoms with Gasteiger partial charge in [0.2, 0.25) is 0 Å². The van der Waals surface area contributed by atoms with Crippen molar-refractivity contribution in [2.45, 2.75) is 32.7 Å². The Hall–Kier alpha value is -3.25. The zero-order chi connectivity index (χ0) is 22.1. The molecule has 6 heteroatoms. The van der Waals surface area contributed by atoms with Gasteiger partial charge in [-0.05, 0) is 35.6 Å². The number of thiazole rings is 1. The highest BCUT2D eigenvalue weighted by Gasteiger charge is 2.33. The molecule has 31 heavy (non-hydrogen) atoms. The van der Waals surface area contributed by atoms with E-state index in [1.54, 1.807) is 11.5 Å². The molecular formula is C25H24N2O3S. The van der Waals surface area contributed by atoms with Crippen LogP contribution in [0.2, 0.25) is 0 Å². The van der Waals surface area contributed by atoms with Crippen LogP contribution in [0.4, 0.5) is 0 Å². The highest BCUT2D eigenvalue weighted by molar-refractivity contribution is 7.07. The van der Waals surface area contributed by atoms with Gasteiger partial charge in [0.15, 0.2) is 4.80 Å². The molecule has 0 saturated carbocycles. The van der Waals surface area contributed by atoms with Crippen molar-refractivity contribution in [1.82, 2.24) is 4.57 Å². The maximum Gasteiger partial charge on any atom is 0.338 e. The van der Waals surface area contributed by atoms with Gasteiger partial charge in [-0.3, -0.25) is 9.36 Å². The van der Waals surface area contributed by atoms with Crippen LogP contribution in [0.1, 0.15) is 49.4 Å². The minimum absolute atomic E-state index is 0.167. The van der Waals surface area contributed by atoms with Crippen LogP contribution in [0.5, 0.6) is 0 Å². The highest BCUT2D eigenvalue weighted by Crippen LogP contribution is 2.31. The number of benzene rings is 2. The molecule has 1 aliphatic heterocycles. The Bertz CT molecular complexity index is 1330. The maximum absolute atomic E-state index is 13.4. The van der Waals surface area contributed by atoms with E-state index in [1.165, 1.54) is 24.0 Å². The van der Waals surface area contributed by atoms with Gasteiger partial charge in [-0.25, -0.2) is 9.79 Å². The smallest absolute Gasteiger partial charge is 0.338 e. The van der Waals surface area contributed by atoms with Gasteiger partial charge in [0.25, 0.3) is 5.56 Å². The number of ether oxygens (including phenoxy) is 1. The maximum atomic E-state index is 13.4. The van der Waals surface area contributed by atoms with Crippen molar-refractivity contribution >= 4 is 23.4 Å². The van der Waals surface area contributed by atoms with Crippen molar-refractivity contribution in [3.63, 3.8) is 0 Å². The Kier molecular flexibility index (Phi) is 5.74. The topological polar surface area (TPSA) is 60.7 Å². The summed E-state index contributed by atoms with van der Waals surface area (Å²) in [5.41, 5.74) is 3.77. The van der Waals surface area contributed by atoms with Crippen molar-refractivity contribution in [1.29, 1.82) is 0 Å². The molecule has 0 saturated heterocycles. The van der Waals surface area contributed by atoms with E-state index >= 15 is 0 Å². The van der Waals surface area contributed by atoms with Crippen molar-refractivity contribution in [3.05, 3.63) is 102 Å². The lowest BCUT2D eigenvalue weighted by molar-refractivity contribution is -0.136. The molecule has 0 N–H and O–H groups in total. The number of methoxy groups -OCH3 is 1. The summed E-state index contributed by atoms with van der Waals surface area (Å²) < 4.78 is 7.25. The van der Waals surface area contributed by atoms with Gasteiger partial charge in [-0.15, -0.1) is 0 Å². The van der Waals surface area contributed by atoms with Gasteiger partial charge in [0, 0.05) is 0 Å². The van der Waals surface area contributed by atoms with Gasteiger partial charge in [0.1, 0.15) is 0 Å². The molecule has 1 aromatic heterocycles. The number of aromatic nitrogens is 1. The van der Waals surface area contributed by atoms with E-state index in [4.69, 9.17) is 4.74 Å². The molecular weight excluding hydrogens is 408 g/mol. The average molecular weight is 433 g/mol. The summed E-state index contributed by atoms with van der Waals surface area (Å²) in [5.74, 6) is -0.0872. The Morgan fingerprint density at radius 3 is 2.42 bits per heavy atom. The normalized spacial score (nSPS) is 16.3. The molecule has 0 radical (unpaired) electrons. The largest absolute Gasteiger partial charge is 0.466 e. The fourth-order valence-electron chi connectivity index (χ4n) is 3.77. The summed E-state index contributed by atoms with van der Waals surface area (Å²) in [5, 5.41) is 0. The van der Waals surface area contributed by atoms with Crippen molar-refractivity contribution in [3.8, 4) is 0 Å². The van der Waals surface area contributed by atoms with E-state index in [0.29, 0.717) is 26.5 Å². The molecule has 158 valence electrons. The molecule has 2 aromatic carbocycles. The molecule has 0 bridgehead atoms. The minimum atomic E-state index is -0.581. The number of nitrogens with zero attached hydrogens (tertiary/aromatic N) is 2. The van der Waals surface area contributed by atoms with Crippen LogP contribution in [0.25, 0.3) is 6.08 Å². The number of esters is 1. The molecule has 1 unspecified atom stereocenters. The monoisotopic (exact) mass is 432 g/mol. The Morgan fingerprint density at radius 2 is 1.81 bits per heavy atom. The van der Waals surface area contributed by atoms with E-state index in [-0.39, 0.29) is 5.56 Å². The quantitative estimate of drug-likeness (QED) is 0.593. The molecule has 5 nitrogen and oxygen atoms in total. The van der Waals surface area contributed by atoms with E-state index < -0.39 is 12.0 Å². The third-order valence-electron chi connectivity index (χ3n) is 5.44. The predicted octanol–water partition coefficient (Wildman–Crippen LogP) is 3.53. The molecule has 0 fully saturated rings. The Labute approximate surface area is 184 Å². The second kappa shape index (κ2) is 8.47. The first-order chi connectivity index (χ1) is 14.9. The highest BCUT2D eigenvalue weighted by atomic mass is 32.1. The number of rotatable bonds is 4. The van der Waals surface area contributed by atoms with Crippen molar-refractivity contribution in [2.24, 2.45) is 4.99 Å². The number of hydrogen-bond acceptors (Lipinski definition) is 5. The van der Waals surface area contributed by atoms with Crippen LogP contribution < -0.4 is 14.9 Å². The third kappa shape index (κ3) is 3.91. The summed E-state index contributed by atoms with van der Waals surface area (Å²) in [6, 6.07) is 17.2. The van der Waals surface area contributed by atoms with Gasteiger partial charge < -0.3 is 4.74 Å². The SMILES string of the molecule is COC(=O)C1=C(C)N=c2s/c(=C\c3ccccc3)c(=O)n2C1c1ccc(C(C)C)cc1. The summed E-state index contributed by atoms with van der Waals surface area (Å²) in [4.78, 5) is 31.3. The van der Waals surface area contributed by atoms with Crippen LogP contribution in [0.3, 0.4) is 0 Å². The fraction of sp³-hybridized carbons (Fsp3) is 0.240. The van der Waals surface area contributed by atoms with Crippen LogP contribution in [-0.2, 0) is 9.53 Å². The lowest BCUT2D eigenvalue weighted by atomic mass is 9.93. The van der Waals surface area contributed by atoms with Crippen molar-refractivity contribution < 1.29 is 9.53 Å². The lowest BCUT2D eigenvalue weighted by Gasteiger charge is -2.24. The van der Waals surface area contributed by atoms with Gasteiger partial charge in [-0.2, -0.15) is 0 Å². The molecule has 0 aliphatic carbocycles. The fourth-order valence-corrected chi connectivity index (χ4v) is 4.82. The molecule has 2 heterocycles. The van der Waals surface area contributed by atoms with E-state index in [9.17, 15) is 9.59 Å². The van der Waals surface area contributed by atoms with Gasteiger partial charge >= 0.3 is 5.97 Å². The van der Waals surface area contributed by atoms with Gasteiger partial charge in [0.05, 0.1) is 29.0 Å². The summed E-state index contributed by atoms with van der Waals surface area (Å²) in [7, 11) is 1.35. The number of allylic oxidation sites excluding steroid dienone is 1. The van der Waals surface area contributed by atoms with Crippen LogP contribution in [0, 0.1) is 0 Å². The summed E-state index contributed by atoms with van der Waals surface area (Å²) >= 11 is 1.33. The van der Waals surface area contributed by atoms with E-state index in [1.807, 2.05) is 60.7 Å².